The predicted molar refractivity (Wildman–Crippen MR) is 117 cm³/mol. The minimum Gasteiger partial charge on any atom is -0.497 e. The molecular formula is C25H24N2O. The van der Waals surface area contributed by atoms with Crippen LogP contribution in [0, 0.1) is 13.8 Å². The quantitative estimate of drug-likeness (QED) is 0.440. The van der Waals surface area contributed by atoms with E-state index in [0.717, 1.165) is 34.7 Å². The van der Waals surface area contributed by atoms with E-state index >= 15 is 0 Å². The zero-order chi connectivity index (χ0) is 19.5. The van der Waals surface area contributed by atoms with Crippen LogP contribution in [0.1, 0.15) is 28.1 Å². The molecule has 0 amide bonds. The third-order valence-electron chi connectivity index (χ3n) is 5.06. The summed E-state index contributed by atoms with van der Waals surface area (Å²) in [6.07, 6.45) is 4.19. The third-order valence-corrected chi connectivity index (χ3v) is 5.06. The van der Waals surface area contributed by atoms with Crippen molar-refractivity contribution >= 4 is 23.2 Å². The van der Waals surface area contributed by atoms with Crippen molar-refractivity contribution in [3.05, 3.63) is 94.8 Å². The number of nitrogens with zero attached hydrogens (tertiary/aromatic N) is 2. The largest absolute Gasteiger partial charge is 0.497 e. The van der Waals surface area contributed by atoms with Gasteiger partial charge in [-0.2, -0.15) is 0 Å². The van der Waals surface area contributed by atoms with E-state index in [9.17, 15) is 0 Å². The van der Waals surface area contributed by atoms with Crippen molar-refractivity contribution in [1.82, 2.24) is 9.55 Å². The van der Waals surface area contributed by atoms with Gasteiger partial charge in [0.1, 0.15) is 11.6 Å². The fourth-order valence-electron chi connectivity index (χ4n) is 3.41. The van der Waals surface area contributed by atoms with Gasteiger partial charge in [0.05, 0.1) is 18.1 Å². The molecule has 3 heteroatoms. The lowest BCUT2D eigenvalue weighted by atomic mass is 10.1. The van der Waals surface area contributed by atoms with Crippen LogP contribution in [0.3, 0.4) is 0 Å². The fraction of sp³-hybridized carbons (Fsp3) is 0.160. The van der Waals surface area contributed by atoms with Gasteiger partial charge in [-0.1, -0.05) is 54.1 Å². The van der Waals surface area contributed by atoms with Crippen LogP contribution in [0.25, 0.3) is 23.2 Å². The van der Waals surface area contributed by atoms with Crippen molar-refractivity contribution in [1.29, 1.82) is 0 Å². The van der Waals surface area contributed by atoms with Gasteiger partial charge in [-0.25, -0.2) is 4.98 Å². The summed E-state index contributed by atoms with van der Waals surface area (Å²) < 4.78 is 7.53. The van der Waals surface area contributed by atoms with Gasteiger partial charge >= 0.3 is 0 Å². The van der Waals surface area contributed by atoms with Gasteiger partial charge in [-0.15, -0.1) is 0 Å². The molecule has 1 aromatic heterocycles. The topological polar surface area (TPSA) is 27.1 Å². The van der Waals surface area contributed by atoms with Crippen LogP contribution < -0.4 is 4.74 Å². The van der Waals surface area contributed by atoms with Crippen LogP contribution in [0.2, 0.25) is 0 Å². The van der Waals surface area contributed by atoms with E-state index < -0.39 is 0 Å². The van der Waals surface area contributed by atoms with Crippen LogP contribution in [0.4, 0.5) is 0 Å². The van der Waals surface area contributed by atoms with E-state index in [1.54, 1.807) is 7.11 Å². The zero-order valence-electron chi connectivity index (χ0n) is 16.5. The molecule has 0 atom stereocenters. The smallest absolute Gasteiger partial charge is 0.134 e. The summed E-state index contributed by atoms with van der Waals surface area (Å²) in [7, 11) is 1.68. The van der Waals surface area contributed by atoms with Crippen molar-refractivity contribution in [3.63, 3.8) is 0 Å². The van der Waals surface area contributed by atoms with Gasteiger partial charge in [0.2, 0.25) is 0 Å². The average Bonchev–Trinajstić information content (AvgIpc) is 3.07. The number of benzene rings is 3. The van der Waals surface area contributed by atoms with E-state index in [1.807, 2.05) is 30.3 Å². The number of hydrogen-bond donors (Lipinski definition) is 0. The molecule has 3 nitrogen and oxygen atoms in total. The molecule has 0 aliphatic heterocycles. The van der Waals surface area contributed by atoms with Crippen molar-refractivity contribution in [2.24, 2.45) is 0 Å². The van der Waals surface area contributed by atoms with Crippen LogP contribution in [0.15, 0.2) is 66.7 Å². The predicted octanol–water partition coefficient (Wildman–Crippen LogP) is 5.88. The first kappa shape index (κ1) is 18.1. The zero-order valence-corrected chi connectivity index (χ0v) is 16.5. The maximum Gasteiger partial charge on any atom is 0.134 e. The van der Waals surface area contributed by atoms with Crippen LogP contribution in [-0.4, -0.2) is 16.7 Å². The summed E-state index contributed by atoms with van der Waals surface area (Å²) in [5.74, 6) is 1.82. The number of rotatable bonds is 5. The first-order valence-electron chi connectivity index (χ1n) is 9.47. The Hall–Kier alpha value is -3.33. The summed E-state index contributed by atoms with van der Waals surface area (Å²) >= 11 is 0. The molecular weight excluding hydrogens is 344 g/mol. The molecule has 140 valence electrons. The van der Waals surface area contributed by atoms with Gasteiger partial charge in [0, 0.05) is 6.54 Å². The molecule has 3 aromatic carbocycles. The maximum absolute atomic E-state index is 5.24. The molecule has 0 aliphatic carbocycles. The second kappa shape index (κ2) is 7.73. The fourth-order valence-corrected chi connectivity index (χ4v) is 3.41. The van der Waals surface area contributed by atoms with Crippen molar-refractivity contribution < 1.29 is 4.74 Å². The van der Waals surface area contributed by atoms with E-state index in [4.69, 9.17) is 9.72 Å². The van der Waals surface area contributed by atoms with Crippen molar-refractivity contribution in [2.75, 3.05) is 7.11 Å². The highest BCUT2D eigenvalue weighted by Crippen LogP contribution is 2.22. The number of methoxy groups -OCH3 is 1. The highest BCUT2D eigenvalue weighted by Gasteiger charge is 2.10. The number of para-hydroxylation sites is 2. The number of aromatic nitrogens is 2. The van der Waals surface area contributed by atoms with Crippen LogP contribution in [-0.2, 0) is 6.54 Å². The Labute approximate surface area is 165 Å². The molecule has 0 bridgehead atoms. The lowest BCUT2D eigenvalue weighted by Gasteiger charge is -2.11. The summed E-state index contributed by atoms with van der Waals surface area (Å²) in [6.45, 7) is 5.11. The van der Waals surface area contributed by atoms with Crippen molar-refractivity contribution in [2.45, 2.75) is 20.4 Å². The Morgan fingerprint density at radius 1 is 0.929 bits per heavy atom. The van der Waals surface area contributed by atoms with Crippen molar-refractivity contribution in [3.8, 4) is 5.75 Å². The lowest BCUT2D eigenvalue weighted by Crippen LogP contribution is -2.04. The Morgan fingerprint density at radius 3 is 2.50 bits per heavy atom. The molecule has 0 unspecified atom stereocenters. The van der Waals surface area contributed by atoms with Gasteiger partial charge in [0.25, 0.3) is 0 Å². The number of aryl methyl sites for hydroxylation is 2. The lowest BCUT2D eigenvalue weighted by molar-refractivity contribution is 0.415. The number of ether oxygens (including phenoxy) is 1. The number of fused-ring (bicyclic) bond motifs is 1. The van der Waals surface area contributed by atoms with Gasteiger partial charge < -0.3 is 9.30 Å². The second-order valence-corrected chi connectivity index (χ2v) is 7.08. The number of hydrogen-bond acceptors (Lipinski definition) is 2. The molecule has 0 spiro atoms. The van der Waals surface area contributed by atoms with Crippen LogP contribution in [0.5, 0.6) is 5.75 Å². The third kappa shape index (κ3) is 3.70. The summed E-state index contributed by atoms with van der Waals surface area (Å²) in [5, 5.41) is 0. The molecule has 0 radical (unpaired) electrons. The Balaban J connectivity index is 1.74. The second-order valence-electron chi connectivity index (χ2n) is 7.08. The Bertz CT molecular complexity index is 1140. The summed E-state index contributed by atoms with van der Waals surface area (Å²) in [5.41, 5.74) is 7.18. The standard InChI is InChI=1S/C25H24N2O/c1-18-8-9-19(2)21(16-18)17-27-24-7-5-4-6-23(24)26-25(27)15-12-20-10-13-22(28-3)14-11-20/h4-16H,17H2,1-3H3/b15-12+. The van der Waals surface area contributed by atoms with E-state index in [1.165, 1.54) is 16.7 Å². The molecule has 0 N–H and O–H groups in total. The minimum atomic E-state index is 0.802. The molecule has 4 aromatic rings. The first-order chi connectivity index (χ1) is 13.6. The molecule has 0 fully saturated rings. The van der Waals surface area contributed by atoms with Crippen LogP contribution >= 0.6 is 0 Å². The minimum absolute atomic E-state index is 0.802. The van der Waals surface area contributed by atoms with E-state index in [-0.39, 0.29) is 0 Å². The summed E-state index contributed by atoms with van der Waals surface area (Å²) in [6, 6.07) is 23.0. The van der Waals surface area contributed by atoms with E-state index in [2.05, 4.69) is 67.0 Å². The van der Waals surface area contributed by atoms with Gasteiger partial charge in [-0.05, 0) is 60.9 Å². The van der Waals surface area contributed by atoms with Gasteiger partial charge in [0.15, 0.2) is 0 Å². The first-order valence-corrected chi connectivity index (χ1v) is 9.47. The molecule has 0 saturated heterocycles. The van der Waals surface area contributed by atoms with E-state index in [0.29, 0.717) is 0 Å². The SMILES string of the molecule is COc1ccc(/C=C/c2nc3ccccc3n2Cc2cc(C)ccc2C)cc1. The molecule has 1 heterocycles. The molecule has 0 saturated carbocycles. The Morgan fingerprint density at radius 2 is 1.71 bits per heavy atom. The maximum atomic E-state index is 5.24. The highest BCUT2D eigenvalue weighted by molar-refractivity contribution is 5.80. The van der Waals surface area contributed by atoms with Gasteiger partial charge in [-0.3, -0.25) is 0 Å². The number of imidazole rings is 1. The molecule has 4 rings (SSSR count). The normalized spacial score (nSPS) is 11.4. The molecule has 28 heavy (non-hydrogen) atoms. The Kier molecular flexibility index (Phi) is 4.98. The highest BCUT2D eigenvalue weighted by atomic mass is 16.5. The average molecular weight is 368 g/mol. The monoisotopic (exact) mass is 368 g/mol. The summed E-state index contributed by atoms with van der Waals surface area (Å²) in [4.78, 5) is 4.86. The molecule has 0 aliphatic rings.